The molecule has 128 valence electrons. The molecule has 0 saturated carbocycles. The van der Waals surface area contributed by atoms with E-state index in [-0.39, 0.29) is 11.8 Å². The Hall–Kier alpha value is -3.33. The summed E-state index contributed by atoms with van der Waals surface area (Å²) in [4.78, 5) is 0. The van der Waals surface area contributed by atoms with E-state index >= 15 is 0 Å². The molecule has 0 spiro atoms. The number of anilines is 1. The monoisotopic (exact) mass is 337 g/mol. The largest absolute Gasteiger partial charge is 0.493 e. The lowest BCUT2D eigenvalue weighted by atomic mass is 9.83. The van der Waals surface area contributed by atoms with Gasteiger partial charge in [0.2, 0.25) is 5.88 Å². The predicted octanol–water partition coefficient (Wildman–Crippen LogP) is 2.89. The van der Waals surface area contributed by atoms with Crippen molar-refractivity contribution in [3.8, 4) is 23.3 Å². The fourth-order valence-electron chi connectivity index (χ4n) is 2.96. The fourth-order valence-corrected chi connectivity index (χ4v) is 2.96. The SMILES string of the molecule is CCOc1cc(C2C(C#N)=C(N)Oc3cc(N)ccc32)ccc1OC. The second-order valence-electron chi connectivity index (χ2n) is 5.57. The van der Waals surface area contributed by atoms with Crippen molar-refractivity contribution < 1.29 is 14.2 Å². The second kappa shape index (κ2) is 6.65. The summed E-state index contributed by atoms with van der Waals surface area (Å²) in [7, 11) is 1.59. The number of nitrogen functional groups attached to an aromatic ring is 1. The first kappa shape index (κ1) is 16.5. The van der Waals surface area contributed by atoms with Crippen molar-refractivity contribution in [2.24, 2.45) is 5.73 Å². The molecule has 6 heteroatoms. The average molecular weight is 337 g/mol. The van der Waals surface area contributed by atoms with Crippen LogP contribution in [0, 0.1) is 11.3 Å². The van der Waals surface area contributed by atoms with Crippen LogP contribution in [0.3, 0.4) is 0 Å². The van der Waals surface area contributed by atoms with Crippen molar-refractivity contribution in [2.75, 3.05) is 19.5 Å². The Balaban J connectivity index is 2.18. The lowest BCUT2D eigenvalue weighted by Gasteiger charge is -2.27. The molecular weight excluding hydrogens is 318 g/mol. The van der Waals surface area contributed by atoms with Crippen molar-refractivity contribution in [1.82, 2.24) is 0 Å². The van der Waals surface area contributed by atoms with Gasteiger partial charge in [-0.1, -0.05) is 12.1 Å². The van der Waals surface area contributed by atoms with E-state index in [9.17, 15) is 5.26 Å². The topological polar surface area (TPSA) is 104 Å². The summed E-state index contributed by atoms with van der Waals surface area (Å²) in [6, 6.07) is 13.1. The molecule has 1 aliphatic rings. The van der Waals surface area contributed by atoms with Gasteiger partial charge < -0.3 is 25.7 Å². The Morgan fingerprint density at radius 2 is 1.96 bits per heavy atom. The van der Waals surface area contributed by atoms with Gasteiger partial charge in [0.15, 0.2) is 11.5 Å². The summed E-state index contributed by atoms with van der Waals surface area (Å²) in [6.07, 6.45) is 0. The zero-order valence-electron chi connectivity index (χ0n) is 14.1. The highest BCUT2D eigenvalue weighted by atomic mass is 16.5. The number of methoxy groups -OCH3 is 1. The van der Waals surface area contributed by atoms with Crippen molar-refractivity contribution >= 4 is 5.69 Å². The molecule has 0 fully saturated rings. The third kappa shape index (κ3) is 2.92. The van der Waals surface area contributed by atoms with Gasteiger partial charge in [0, 0.05) is 17.3 Å². The molecule has 2 aromatic rings. The van der Waals surface area contributed by atoms with Gasteiger partial charge in [0.1, 0.15) is 17.4 Å². The second-order valence-corrected chi connectivity index (χ2v) is 5.57. The normalized spacial score (nSPS) is 15.8. The molecule has 0 aliphatic carbocycles. The number of benzene rings is 2. The van der Waals surface area contributed by atoms with Crippen LogP contribution in [-0.4, -0.2) is 13.7 Å². The minimum absolute atomic E-state index is 0.0828. The maximum atomic E-state index is 9.60. The summed E-state index contributed by atoms with van der Waals surface area (Å²) >= 11 is 0. The number of fused-ring (bicyclic) bond motifs is 1. The summed E-state index contributed by atoms with van der Waals surface area (Å²) in [5.41, 5.74) is 14.4. The highest BCUT2D eigenvalue weighted by Gasteiger charge is 2.31. The lowest BCUT2D eigenvalue weighted by Crippen LogP contribution is -2.21. The van der Waals surface area contributed by atoms with Crippen LogP contribution >= 0.6 is 0 Å². The van der Waals surface area contributed by atoms with Gasteiger partial charge in [-0.05, 0) is 30.7 Å². The molecule has 1 unspecified atom stereocenters. The van der Waals surface area contributed by atoms with Crippen LogP contribution in [0.25, 0.3) is 0 Å². The summed E-state index contributed by atoms with van der Waals surface area (Å²) in [6.45, 7) is 2.40. The zero-order chi connectivity index (χ0) is 18.0. The number of rotatable bonds is 4. The minimum atomic E-state index is -0.362. The van der Waals surface area contributed by atoms with Crippen molar-refractivity contribution in [1.29, 1.82) is 5.26 Å². The molecule has 0 aromatic heterocycles. The molecule has 1 atom stereocenters. The van der Waals surface area contributed by atoms with E-state index in [4.69, 9.17) is 25.7 Å². The Bertz CT molecular complexity index is 884. The molecule has 3 rings (SSSR count). The summed E-state index contributed by atoms with van der Waals surface area (Å²) in [5, 5.41) is 9.60. The van der Waals surface area contributed by atoms with Gasteiger partial charge in [0.25, 0.3) is 0 Å². The number of nitrogens with zero attached hydrogens (tertiary/aromatic N) is 1. The van der Waals surface area contributed by atoms with Gasteiger partial charge in [-0.3, -0.25) is 0 Å². The average Bonchev–Trinajstić information content (AvgIpc) is 2.60. The van der Waals surface area contributed by atoms with Crippen molar-refractivity contribution in [3.63, 3.8) is 0 Å². The molecule has 1 aliphatic heterocycles. The van der Waals surface area contributed by atoms with E-state index in [0.29, 0.717) is 35.1 Å². The number of ether oxygens (including phenoxy) is 3. The number of nitriles is 1. The van der Waals surface area contributed by atoms with Crippen LogP contribution in [0.4, 0.5) is 5.69 Å². The summed E-state index contributed by atoms with van der Waals surface area (Å²) < 4.78 is 16.6. The van der Waals surface area contributed by atoms with E-state index < -0.39 is 0 Å². The minimum Gasteiger partial charge on any atom is -0.493 e. The first-order valence-corrected chi connectivity index (χ1v) is 7.86. The van der Waals surface area contributed by atoms with Crippen LogP contribution in [0.5, 0.6) is 17.2 Å². The van der Waals surface area contributed by atoms with Crippen LogP contribution in [-0.2, 0) is 0 Å². The predicted molar refractivity (Wildman–Crippen MR) is 94.3 cm³/mol. The molecule has 6 nitrogen and oxygen atoms in total. The Morgan fingerprint density at radius 1 is 1.16 bits per heavy atom. The first-order valence-electron chi connectivity index (χ1n) is 7.86. The van der Waals surface area contributed by atoms with Crippen molar-refractivity contribution in [2.45, 2.75) is 12.8 Å². The highest BCUT2D eigenvalue weighted by molar-refractivity contribution is 5.60. The van der Waals surface area contributed by atoms with E-state index in [0.717, 1.165) is 11.1 Å². The van der Waals surface area contributed by atoms with Crippen LogP contribution < -0.4 is 25.7 Å². The Kier molecular flexibility index (Phi) is 4.40. The number of nitrogens with two attached hydrogens (primary N) is 2. The molecule has 2 aromatic carbocycles. The number of hydrogen-bond acceptors (Lipinski definition) is 6. The third-order valence-electron chi connectivity index (χ3n) is 4.06. The van der Waals surface area contributed by atoms with Gasteiger partial charge >= 0.3 is 0 Å². The number of hydrogen-bond donors (Lipinski definition) is 2. The third-order valence-corrected chi connectivity index (χ3v) is 4.06. The van der Waals surface area contributed by atoms with Gasteiger partial charge in [-0.25, -0.2) is 0 Å². The molecule has 0 radical (unpaired) electrons. The van der Waals surface area contributed by atoms with Gasteiger partial charge in [-0.15, -0.1) is 0 Å². The molecule has 1 heterocycles. The van der Waals surface area contributed by atoms with Crippen LogP contribution in [0.15, 0.2) is 47.9 Å². The Morgan fingerprint density at radius 3 is 2.64 bits per heavy atom. The zero-order valence-corrected chi connectivity index (χ0v) is 14.1. The van der Waals surface area contributed by atoms with E-state index in [1.807, 2.05) is 31.2 Å². The van der Waals surface area contributed by atoms with Crippen LogP contribution in [0.1, 0.15) is 24.0 Å². The first-order chi connectivity index (χ1) is 12.1. The molecule has 0 bridgehead atoms. The van der Waals surface area contributed by atoms with Gasteiger partial charge in [0.05, 0.1) is 19.6 Å². The maximum absolute atomic E-state index is 9.60. The molecular formula is C19H19N3O3. The molecule has 0 amide bonds. The fraction of sp³-hybridized carbons (Fsp3) is 0.211. The number of allylic oxidation sites excluding steroid dienone is 1. The summed E-state index contributed by atoms with van der Waals surface area (Å²) in [5.74, 6) is 1.52. The molecule has 4 N–H and O–H groups in total. The smallest absolute Gasteiger partial charge is 0.205 e. The van der Waals surface area contributed by atoms with E-state index in [1.54, 1.807) is 19.2 Å². The lowest BCUT2D eigenvalue weighted by molar-refractivity contribution is 0.310. The Labute approximate surface area is 146 Å². The van der Waals surface area contributed by atoms with E-state index in [1.165, 1.54) is 0 Å². The quantitative estimate of drug-likeness (QED) is 0.831. The van der Waals surface area contributed by atoms with Crippen LogP contribution in [0.2, 0.25) is 0 Å². The molecule has 25 heavy (non-hydrogen) atoms. The molecule has 0 saturated heterocycles. The highest BCUT2D eigenvalue weighted by Crippen LogP contribution is 2.44. The van der Waals surface area contributed by atoms with E-state index in [2.05, 4.69) is 6.07 Å². The van der Waals surface area contributed by atoms with Gasteiger partial charge in [-0.2, -0.15) is 5.26 Å². The van der Waals surface area contributed by atoms with Crippen molar-refractivity contribution in [3.05, 3.63) is 59.0 Å². The standard InChI is InChI=1S/C19H19N3O3/c1-3-24-17-8-11(4-7-15(17)23-2)18-13-6-5-12(21)9-16(13)25-19(22)14(18)10-20/h4-9,18H,3,21-22H2,1-2H3. The maximum Gasteiger partial charge on any atom is 0.205 e.